The number of hydrogen-bond acceptors (Lipinski definition) is 2. The van der Waals surface area contributed by atoms with Gasteiger partial charge in [0, 0.05) is 18.1 Å². The summed E-state index contributed by atoms with van der Waals surface area (Å²) in [5.74, 6) is 0.755. The zero-order valence-corrected chi connectivity index (χ0v) is 10.9. The van der Waals surface area contributed by atoms with E-state index in [9.17, 15) is 0 Å². The Morgan fingerprint density at radius 3 is 2.47 bits per heavy atom. The molecule has 0 bridgehead atoms. The van der Waals surface area contributed by atoms with E-state index in [4.69, 9.17) is 5.73 Å². The van der Waals surface area contributed by atoms with Crippen molar-refractivity contribution in [2.45, 2.75) is 65.0 Å². The number of rotatable bonds is 3. The van der Waals surface area contributed by atoms with E-state index in [0.29, 0.717) is 0 Å². The Bertz CT molecular complexity index is 181. The first-order chi connectivity index (χ1) is 6.90. The lowest BCUT2D eigenvalue weighted by molar-refractivity contribution is 0.131. The summed E-state index contributed by atoms with van der Waals surface area (Å²) in [6.45, 7) is 11.2. The molecular weight excluding hydrogens is 184 g/mol. The first-order valence-electron chi connectivity index (χ1n) is 6.43. The van der Waals surface area contributed by atoms with Crippen LogP contribution in [0.4, 0.5) is 0 Å². The van der Waals surface area contributed by atoms with Gasteiger partial charge in [0.1, 0.15) is 0 Å². The Kier molecular flexibility index (Phi) is 4.60. The Hall–Kier alpha value is -0.0800. The molecule has 0 amide bonds. The lowest BCUT2D eigenvalue weighted by Gasteiger charge is -2.37. The molecule has 1 atom stereocenters. The molecule has 2 N–H and O–H groups in total. The predicted octanol–water partition coefficient (Wildman–Crippen LogP) is 2.62. The van der Waals surface area contributed by atoms with Crippen molar-refractivity contribution in [3.63, 3.8) is 0 Å². The number of hydrogen-bond donors (Lipinski definition) is 1. The molecule has 1 unspecified atom stereocenters. The first-order valence-corrected chi connectivity index (χ1v) is 6.43. The summed E-state index contributed by atoms with van der Waals surface area (Å²) >= 11 is 0. The van der Waals surface area contributed by atoms with Gasteiger partial charge in [0.05, 0.1) is 0 Å². The minimum absolute atomic E-state index is 0.0581. The van der Waals surface area contributed by atoms with Crippen LogP contribution in [-0.2, 0) is 0 Å². The Labute approximate surface area is 95.2 Å². The maximum Gasteiger partial charge on any atom is 0.0226 e. The van der Waals surface area contributed by atoms with Crippen LogP contribution >= 0.6 is 0 Å². The molecule has 15 heavy (non-hydrogen) atoms. The number of nitrogens with two attached hydrogens (primary N) is 1. The van der Waals surface area contributed by atoms with Gasteiger partial charge in [0.2, 0.25) is 0 Å². The molecule has 1 aliphatic heterocycles. The van der Waals surface area contributed by atoms with E-state index in [1.54, 1.807) is 0 Å². The summed E-state index contributed by atoms with van der Waals surface area (Å²) in [7, 11) is 0. The van der Waals surface area contributed by atoms with Crippen LogP contribution in [0, 0.1) is 5.92 Å². The third-order valence-corrected chi connectivity index (χ3v) is 3.29. The fourth-order valence-corrected chi connectivity index (χ4v) is 2.67. The van der Waals surface area contributed by atoms with Crippen LogP contribution in [-0.4, -0.2) is 29.6 Å². The van der Waals surface area contributed by atoms with E-state index in [0.717, 1.165) is 18.5 Å². The first kappa shape index (κ1) is 13.0. The third kappa shape index (κ3) is 4.52. The fourth-order valence-electron chi connectivity index (χ4n) is 2.67. The van der Waals surface area contributed by atoms with E-state index >= 15 is 0 Å². The summed E-state index contributed by atoms with van der Waals surface area (Å²) in [6.07, 6.45) is 5.49. The topological polar surface area (TPSA) is 29.3 Å². The van der Waals surface area contributed by atoms with Crippen LogP contribution in [0.1, 0.15) is 53.4 Å². The van der Waals surface area contributed by atoms with Crippen LogP contribution in [0.25, 0.3) is 0 Å². The highest BCUT2D eigenvalue weighted by atomic mass is 15.2. The van der Waals surface area contributed by atoms with Crippen molar-refractivity contribution < 1.29 is 0 Å². The summed E-state index contributed by atoms with van der Waals surface area (Å²) in [5, 5.41) is 0. The quantitative estimate of drug-likeness (QED) is 0.779. The second-order valence-corrected chi connectivity index (χ2v) is 6.12. The summed E-state index contributed by atoms with van der Waals surface area (Å²) < 4.78 is 0. The second kappa shape index (κ2) is 5.31. The molecule has 2 heteroatoms. The Morgan fingerprint density at radius 2 is 1.93 bits per heavy atom. The zero-order chi connectivity index (χ0) is 11.5. The molecule has 1 saturated heterocycles. The molecular formula is C13H28N2. The zero-order valence-electron chi connectivity index (χ0n) is 10.9. The highest BCUT2D eigenvalue weighted by Crippen LogP contribution is 2.23. The average molecular weight is 212 g/mol. The molecule has 1 aliphatic rings. The van der Waals surface area contributed by atoms with Gasteiger partial charge in [-0.05, 0) is 39.2 Å². The molecule has 1 rings (SSSR count). The summed E-state index contributed by atoms with van der Waals surface area (Å²) in [4.78, 5) is 2.62. The third-order valence-electron chi connectivity index (χ3n) is 3.29. The van der Waals surface area contributed by atoms with Gasteiger partial charge < -0.3 is 5.73 Å². The Balaban J connectivity index is 2.62. The summed E-state index contributed by atoms with van der Waals surface area (Å²) in [5.41, 5.74) is 6.08. The molecule has 0 aromatic heterocycles. The van der Waals surface area contributed by atoms with Gasteiger partial charge in [0.25, 0.3) is 0 Å². The van der Waals surface area contributed by atoms with Crippen molar-refractivity contribution in [2.75, 3.05) is 13.1 Å². The molecule has 2 nitrogen and oxygen atoms in total. The van der Waals surface area contributed by atoms with Gasteiger partial charge in [-0.1, -0.05) is 26.7 Å². The predicted molar refractivity (Wildman–Crippen MR) is 66.9 cm³/mol. The molecule has 0 aromatic carbocycles. The van der Waals surface area contributed by atoms with E-state index in [-0.39, 0.29) is 5.54 Å². The van der Waals surface area contributed by atoms with Crippen molar-refractivity contribution in [2.24, 2.45) is 11.7 Å². The van der Waals surface area contributed by atoms with Crippen molar-refractivity contribution >= 4 is 0 Å². The molecule has 0 saturated carbocycles. The minimum atomic E-state index is -0.0581. The number of likely N-dealkylation sites (tertiary alicyclic amines) is 1. The molecule has 0 spiro atoms. The van der Waals surface area contributed by atoms with Crippen LogP contribution in [0.5, 0.6) is 0 Å². The van der Waals surface area contributed by atoms with Gasteiger partial charge in [-0.15, -0.1) is 0 Å². The van der Waals surface area contributed by atoms with Gasteiger partial charge in [-0.25, -0.2) is 0 Å². The van der Waals surface area contributed by atoms with Crippen LogP contribution in [0.3, 0.4) is 0 Å². The van der Waals surface area contributed by atoms with Crippen molar-refractivity contribution in [3.8, 4) is 0 Å². The minimum Gasteiger partial charge on any atom is -0.324 e. The maximum absolute atomic E-state index is 6.14. The lowest BCUT2D eigenvalue weighted by Crippen LogP contribution is -2.50. The standard InChI is InChI=1S/C13H28N2/c1-11(2)12-8-6-5-7-9-15(12)10-13(3,4)14/h11-12H,5-10,14H2,1-4H3. The van der Waals surface area contributed by atoms with E-state index in [1.807, 2.05) is 0 Å². The van der Waals surface area contributed by atoms with Crippen LogP contribution < -0.4 is 5.73 Å². The highest BCUT2D eigenvalue weighted by Gasteiger charge is 2.27. The lowest BCUT2D eigenvalue weighted by atomic mass is 9.96. The monoisotopic (exact) mass is 212 g/mol. The van der Waals surface area contributed by atoms with Crippen LogP contribution in [0.15, 0.2) is 0 Å². The SMILES string of the molecule is CC(C)C1CCCCCN1CC(C)(C)N. The van der Waals surface area contributed by atoms with Crippen molar-refractivity contribution in [3.05, 3.63) is 0 Å². The molecule has 1 heterocycles. The van der Waals surface area contributed by atoms with Gasteiger partial charge in [0.15, 0.2) is 0 Å². The highest BCUT2D eigenvalue weighted by molar-refractivity contribution is 4.84. The molecule has 0 aromatic rings. The van der Waals surface area contributed by atoms with Crippen LogP contribution in [0.2, 0.25) is 0 Å². The molecule has 1 fully saturated rings. The molecule has 90 valence electrons. The van der Waals surface area contributed by atoms with E-state index in [1.165, 1.54) is 32.2 Å². The maximum atomic E-state index is 6.14. The van der Waals surface area contributed by atoms with E-state index in [2.05, 4.69) is 32.6 Å². The second-order valence-electron chi connectivity index (χ2n) is 6.12. The fraction of sp³-hybridized carbons (Fsp3) is 1.00. The van der Waals surface area contributed by atoms with Gasteiger partial charge in [-0.3, -0.25) is 4.90 Å². The van der Waals surface area contributed by atoms with Crippen molar-refractivity contribution in [1.29, 1.82) is 0 Å². The van der Waals surface area contributed by atoms with Gasteiger partial charge >= 0.3 is 0 Å². The van der Waals surface area contributed by atoms with Gasteiger partial charge in [-0.2, -0.15) is 0 Å². The Morgan fingerprint density at radius 1 is 1.27 bits per heavy atom. The van der Waals surface area contributed by atoms with E-state index < -0.39 is 0 Å². The average Bonchev–Trinajstić information content (AvgIpc) is 2.26. The normalized spacial score (nSPS) is 25.6. The largest absolute Gasteiger partial charge is 0.324 e. The molecule has 0 radical (unpaired) electrons. The summed E-state index contributed by atoms with van der Waals surface area (Å²) in [6, 6.07) is 0.746. The van der Waals surface area contributed by atoms with Crippen molar-refractivity contribution in [1.82, 2.24) is 4.90 Å². The smallest absolute Gasteiger partial charge is 0.0226 e. The number of nitrogens with zero attached hydrogens (tertiary/aromatic N) is 1. The molecule has 0 aliphatic carbocycles.